The average Bonchev–Trinajstić information content (AvgIpc) is 2.65. The van der Waals surface area contributed by atoms with E-state index in [2.05, 4.69) is 29.2 Å². The number of rotatable bonds is 3. The highest BCUT2D eigenvalue weighted by atomic mass is 35.5. The Hall–Kier alpha value is -0.160. The van der Waals surface area contributed by atoms with Crippen LogP contribution in [0.1, 0.15) is 23.4 Å². The molecule has 16 heavy (non-hydrogen) atoms. The van der Waals surface area contributed by atoms with E-state index in [1.165, 1.54) is 36.5 Å². The zero-order chi connectivity index (χ0) is 10.7. The van der Waals surface area contributed by atoms with E-state index in [-0.39, 0.29) is 12.4 Å². The third-order valence-corrected chi connectivity index (χ3v) is 4.05. The van der Waals surface area contributed by atoms with Crippen LogP contribution in [-0.4, -0.2) is 36.1 Å². The van der Waals surface area contributed by atoms with Gasteiger partial charge in [-0.05, 0) is 33.4 Å². The first-order valence-corrected chi connectivity index (χ1v) is 6.46. The molecule has 1 aromatic heterocycles. The van der Waals surface area contributed by atoms with E-state index >= 15 is 0 Å². The van der Waals surface area contributed by atoms with E-state index < -0.39 is 0 Å². The maximum absolute atomic E-state index is 4.30. The lowest BCUT2D eigenvalue weighted by molar-refractivity contribution is 0.189. The van der Waals surface area contributed by atoms with Crippen LogP contribution < -0.4 is 5.32 Å². The van der Waals surface area contributed by atoms with Gasteiger partial charge in [0.1, 0.15) is 0 Å². The van der Waals surface area contributed by atoms with Crippen molar-refractivity contribution >= 4 is 23.7 Å². The highest BCUT2D eigenvalue weighted by Gasteiger charge is 2.19. The van der Waals surface area contributed by atoms with Gasteiger partial charge in [0.25, 0.3) is 0 Å². The van der Waals surface area contributed by atoms with Crippen molar-refractivity contribution < 1.29 is 0 Å². The lowest BCUT2D eigenvalue weighted by atomic mass is 10.1. The standard InChI is InChI=1S/C11H19N3S.ClH/c1-9-11(15-8-13-9)7-14-5-3-4-10(6-14)12-2;/h8,10,12H,3-7H2,1-2H3;1H. The molecule has 1 saturated heterocycles. The Morgan fingerprint density at radius 1 is 1.62 bits per heavy atom. The molecule has 92 valence electrons. The monoisotopic (exact) mass is 261 g/mol. The quantitative estimate of drug-likeness (QED) is 0.903. The molecule has 1 unspecified atom stereocenters. The van der Waals surface area contributed by atoms with Crippen molar-refractivity contribution in [2.45, 2.75) is 32.4 Å². The van der Waals surface area contributed by atoms with E-state index in [9.17, 15) is 0 Å². The summed E-state index contributed by atoms with van der Waals surface area (Å²) >= 11 is 1.78. The maximum atomic E-state index is 4.30. The van der Waals surface area contributed by atoms with Crippen LogP contribution >= 0.6 is 23.7 Å². The van der Waals surface area contributed by atoms with Crippen molar-refractivity contribution in [3.05, 3.63) is 16.1 Å². The van der Waals surface area contributed by atoms with Crippen LogP contribution in [0, 0.1) is 6.92 Å². The molecular formula is C11H20ClN3S. The average molecular weight is 262 g/mol. The van der Waals surface area contributed by atoms with Crippen LogP contribution in [-0.2, 0) is 6.54 Å². The van der Waals surface area contributed by atoms with E-state index in [1.807, 2.05) is 5.51 Å². The molecule has 1 aliphatic heterocycles. The smallest absolute Gasteiger partial charge is 0.0798 e. The summed E-state index contributed by atoms with van der Waals surface area (Å²) in [7, 11) is 2.06. The minimum absolute atomic E-state index is 0. The molecule has 2 rings (SSSR count). The number of nitrogens with zero attached hydrogens (tertiary/aromatic N) is 2. The fourth-order valence-corrected chi connectivity index (χ4v) is 2.93. The lowest BCUT2D eigenvalue weighted by Gasteiger charge is -2.32. The van der Waals surface area contributed by atoms with Crippen molar-refractivity contribution in [1.29, 1.82) is 0 Å². The number of hydrogen-bond donors (Lipinski definition) is 1. The molecule has 1 aliphatic rings. The number of aryl methyl sites for hydroxylation is 1. The molecule has 1 fully saturated rings. The molecule has 1 aromatic rings. The minimum atomic E-state index is 0. The van der Waals surface area contributed by atoms with Gasteiger partial charge in [-0.3, -0.25) is 4.90 Å². The topological polar surface area (TPSA) is 28.2 Å². The molecule has 1 N–H and O–H groups in total. The Labute approximate surface area is 108 Å². The summed E-state index contributed by atoms with van der Waals surface area (Å²) < 4.78 is 0. The largest absolute Gasteiger partial charge is 0.316 e. The first-order chi connectivity index (χ1) is 7.29. The van der Waals surface area contributed by atoms with Crippen molar-refractivity contribution in [3.63, 3.8) is 0 Å². The molecule has 0 amide bonds. The second kappa shape index (κ2) is 6.55. The van der Waals surface area contributed by atoms with Gasteiger partial charge in [0.15, 0.2) is 0 Å². The second-order valence-corrected chi connectivity index (χ2v) is 5.16. The molecular weight excluding hydrogens is 242 g/mol. The number of piperidine rings is 1. The molecule has 0 saturated carbocycles. The van der Waals surface area contributed by atoms with Crippen LogP contribution in [0.2, 0.25) is 0 Å². The predicted molar refractivity (Wildman–Crippen MR) is 71.5 cm³/mol. The van der Waals surface area contributed by atoms with Crippen molar-refractivity contribution in [2.75, 3.05) is 20.1 Å². The SMILES string of the molecule is CNC1CCCN(Cc2scnc2C)C1.Cl. The zero-order valence-electron chi connectivity index (χ0n) is 9.90. The van der Waals surface area contributed by atoms with Gasteiger partial charge >= 0.3 is 0 Å². The lowest BCUT2D eigenvalue weighted by Crippen LogP contribution is -2.43. The van der Waals surface area contributed by atoms with Gasteiger partial charge in [-0.2, -0.15) is 0 Å². The molecule has 0 aromatic carbocycles. The number of nitrogens with one attached hydrogen (secondary N) is 1. The van der Waals surface area contributed by atoms with Gasteiger partial charge in [-0.25, -0.2) is 4.98 Å². The number of hydrogen-bond acceptors (Lipinski definition) is 4. The first-order valence-electron chi connectivity index (χ1n) is 5.58. The number of likely N-dealkylation sites (tertiary alicyclic amines) is 1. The summed E-state index contributed by atoms with van der Waals surface area (Å²) in [5, 5.41) is 3.37. The molecule has 5 heteroatoms. The van der Waals surface area contributed by atoms with E-state index in [4.69, 9.17) is 0 Å². The highest BCUT2D eigenvalue weighted by molar-refractivity contribution is 7.09. The fourth-order valence-electron chi connectivity index (χ4n) is 2.12. The summed E-state index contributed by atoms with van der Waals surface area (Å²) in [5.74, 6) is 0. The van der Waals surface area contributed by atoms with Crippen molar-refractivity contribution in [3.8, 4) is 0 Å². The predicted octanol–water partition coefficient (Wildman–Crippen LogP) is 2.06. The van der Waals surface area contributed by atoms with Crippen LogP contribution in [0.3, 0.4) is 0 Å². The van der Waals surface area contributed by atoms with Gasteiger partial charge in [-0.1, -0.05) is 0 Å². The molecule has 0 radical (unpaired) electrons. The molecule has 3 nitrogen and oxygen atoms in total. The fraction of sp³-hybridized carbons (Fsp3) is 0.727. The second-order valence-electron chi connectivity index (χ2n) is 4.22. The highest BCUT2D eigenvalue weighted by Crippen LogP contribution is 2.18. The normalized spacial score (nSPS) is 21.8. The zero-order valence-corrected chi connectivity index (χ0v) is 11.5. The van der Waals surface area contributed by atoms with E-state index in [0.717, 1.165) is 6.54 Å². The summed E-state index contributed by atoms with van der Waals surface area (Å²) in [6.45, 7) is 5.59. The molecule has 0 bridgehead atoms. The Kier molecular flexibility index (Phi) is 5.69. The van der Waals surface area contributed by atoms with Gasteiger partial charge in [0, 0.05) is 24.0 Å². The molecule has 2 heterocycles. The Balaban J connectivity index is 0.00000128. The summed E-state index contributed by atoms with van der Waals surface area (Å²) in [6.07, 6.45) is 2.62. The Morgan fingerprint density at radius 2 is 2.44 bits per heavy atom. The Morgan fingerprint density at radius 3 is 3.06 bits per heavy atom. The summed E-state index contributed by atoms with van der Waals surface area (Å²) in [6, 6.07) is 0.673. The van der Waals surface area contributed by atoms with E-state index in [0.29, 0.717) is 6.04 Å². The van der Waals surface area contributed by atoms with Gasteiger partial charge in [-0.15, -0.1) is 23.7 Å². The first kappa shape index (κ1) is 13.9. The molecule has 0 aliphatic carbocycles. The maximum Gasteiger partial charge on any atom is 0.0798 e. The number of likely N-dealkylation sites (N-methyl/N-ethyl adjacent to an activating group) is 1. The Bertz CT molecular complexity index is 316. The minimum Gasteiger partial charge on any atom is -0.316 e. The number of aromatic nitrogens is 1. The third kappa shape index (κ3) is 3.42. The van der Waals surface area contributed by atoms with Crippen molar-refractivity contribution in [2.24, 2.45) is 0 Å². The van der Waals surface area contributed by atoms with Crippen molar-refractivity contribution in [1.82, 2.24) is 15.2 Å². The van der Waals surface area contributed by atoms with Crippen LogP contribution in [0.25, 0.3) is 0 Å². The third-order valence-electron chi connectivity index (χ3n) is 3.13. The molecule has 1 atom stereocenters. The van der Waals surface area contributed by atoms with Crippen LogP contribution in [0.15, 0.2) is 5.51 Å². The molecule has 0 spiro atoms. The summed E-state index contributed by atoms with van der Waals surface area (Å²) in [4.78, 5) is 8.25. The van der Waals surface area contributed by atoms with E-state index in [1.54, 1.807) is 11.3 Å². The van der Waals surface area contributed by atoms with Gasteiger partial charge in [0.2, 0.25) is 0 Å². The van der Waals surface area contributed by atoms with Gasteiger partial charge < -0.3 is 5.32 Å². The van der Waals surface area contributed by atoms with Crippen LogP contribution in [0.5, 0.6) is 0 Å². The summed E-state index contributed by atoms with van der Waals surface area (Å²) in [5.41, 5.74) is 3.15. The van der Waals surface area contributed by atoms with Crippen LogP contribution in [0.4, 0.5) is 0 Å². The number of thiazole rings is 1. The van der Waals surface area contributed by atoms with Gasteiger partial charge in [0.05, 0.1) is 11.2 Å². The number of halogens is 1.